The first-order chi connectivity index (χ1) is 7.27. The van der Waals surface area contributed by atoms with Crippen LogP contribution in [0.3, 0.4) is 0 Å². The van der Waals surface area contributed by atoms with Crippen LogP contribution >= 0.6 is 0 Å². The zero-order valence-electron chi connectivity index (χ0n) is 7.91. The van der Waals surface area contributed by atoms with E-state index in [0.717, 1.165) is 0 Å². The molecule has 0 aromatic carbocycles. The van der Waals surface area contributed by atoms with Crippen molar-refractivity contribution in [2.24, 2.45) is 0 Å². The maximum absolute atomic E-state index is 11.3. The highest BCUT2D eigenvalue weighted by molar-refractivity contribution is 5.98. The number of imidazole rings is 1. The third-order valence-electron chi connectivity index (χ3n) is 1.93. The average Bonchev–Trinajstić information content (AvgIpc) is 2.70. The minimum Gasteiger partial charge on any atom is -0.464 e. The van der Waals surface area contributed by atoms with E-state index in [2.05, 4.69) is 19.7 Å². The zero-order valence-corrected chi connectivity index (χ0v) is 7.91. The Balaban J connectivity index is 2.67. The average molecular weight is 208 g/mol. The summed E-state index contributed by atoms with van der Waals surface area (Å²) in [5.41, 5.74) is 0.806. The molecule has 0 saturated heterocycles. The van der Waals surface area contributed by atoms with E-state index in [1.54, 1.807) is 0 Å². The molecule has 1 N–H and O–H groups in total. The number of rotatable bonds is 2. The van der Waals surface area contributed by atoms with Crippen LogP contribution < -0.4 is 0 Å². The molecule has 15 heavy (non-hydrogen) atoms. The van der Waals surface area contributed by atoms with Gasteiger partial charge < -0.3 is 9.84 Å². The summed E-state index contributed by atoms with van der Waals surface area (Å²) in [6, 6.07) is 0. The molecule has 0 saturated carbocycles. The van der Waals surface area contributed by atoms with Gasteiger partial charge in [-0.05, 0) is 0 Å². The minimum atomic E-state index is -0.578. The predicted molar refractivity (Wildman–Crippen MR) is 48.9 cm³/mol. The van der Waals surface area contributed by atoms with Crippen molar-refractivity contribution >= 4 is 17.1 Å². The van der Waals surface area contributed by atoms with Gasteiger partial charge in [-0.1, -0.05) is 0 Å². The lowest BCUT2D eigenvalue weighted by atomic mass is 10.3. The van der Waals surface area contributed by atoms with E-state index >= 15 is 0 Å². The van der Waals surface area contributed by atoms with Gasteiger partial charge >= 0.3 is 5.97 Å². The highest BCUT2D eigenvalue weighted by atomic mass is 16.5. The second-order valence-electron chi connectivity index (χ2n) is 2.74. The van der Waals surface area contributed by atoms with Gasteiger partial charge in [0.25, 0.3) is 0 Å². The largest absolute Gasteiger partial charge is 0.464 e. The van der Waals surface area contributed by atoms with Crippen molar-refractivity contribution in [2.75, 3.05) is 7.11 Å². The summed E-state index contributed by atoms with van der Waals surface area (Å²) in [6.07, 6.45) is 2.61. The Morgan fingerprint density at radius 3 is 3.00 bits per heavy atom. The number of aliphatic hydroxyl groups is 1. The monoisotopic (exact) mass is 208 g/mol. The predicted octanol–water partition coefficient (Wildman–Crippen LogP) is -0.437. The third kappa shape index (κ3) is 1.42. The number of hydrogen-bond donors (Lipinski definition) is 1. The first kappa shape index (κ1) is 9.53. The Kier molecular flexibility index (Phi) is 2.30. The van der Waals surface area contributed by atoms with Gasteiger partial charge in [0.2, 0.25) is 0 Å². The Hall–Kier alpha value is -2.02. The van der Waals surface area contributed by atoms with Crippen LogP contribution in [0.1, 0.15) is 10.5 Å². The Bertz CT molecular complexity index is 508. The van der Waals surface area contributed by atoms with Crippen LogP contribution in [-0.4, -0.2) is 37.7 Å². The highest BCUT2D eigenvalue weighted by Crippen LogP contribution is 2.12. The maximum atomic E-state index is 11.3. The number of aromatic nitrogens is 4. The molecule has 0 bridgehead atoms. The van der Waals surface area contributed by atoms with E-state index < -0.39 is 5.97 Å². The first-order valence-electron chi connectivity index (χ1n) is 4.13. The molecule has 0 fully saturated rings. The molecule has 7 nitrogen and oxygen atoms in total. The summed E-state index contributed by atoms with van der Waals surface area (Å²) in [6.45, 7) is -0.256. The molecule has 2 heterocycles. The summed E-state index contributed by atoms with van der Waals surface area (Å²) in [7, 11) is 1.26. The first-order valence-corrected chi connectivity index (χ1v) is 4.13. The summed E-state index contributed by atoms with van der Waals surface area (Å²) >= 11 is 0. The molecular weight excluding hydrogens is 200 g/mol. The number of aliphatic hydroxyl groups excluding tert-OH is 1. The molecular formula is C8H8N4O3. The summed E-state index contributed by atoms with van der Waals surface area (Å²) in [4.78, 5) is 22.9. The lowest BCUT2D eigenvalue weighted by Gasteiger charge is -1.99. The van der Waals surface area contributed by atoms with Crippen LogP contribution in [0, 0.1) is 0 Å². The normalized spacial score (nSPS) is 10.5. The summed E-state index contributed by atoms with van der Waals surface area (Å²) < 4.78 is 5.94. The summed E-state index contributed by atoms with van der Waals surface area (Å²) in [5.74, 6) is -0.578. The molecule has 78 valence electrons. The molecule has 0 aliphatic carbocycles. The van der Waals surface area contributed by atoms with E-state index in [1.165, 1.54) is 24.3 Å². The molecule has 2 rings (SSSR count). The Labute approximate surface area is 84.4 Å². The second-order valence-corrected chi connectivity index (χ2v) is 2.74. The van der Waals surface area contributed by atoms with Crippen molar-refractivity contribution in [3.05, 3.63) is 18.3 Å². The van der Waals surface area contributed by atoms with Gasteiger partial charge in [-0.3, -0.25) is 4.57 Å². The molecule has 2 aromatic rings. The fourth-order valence-electron chi connectivity index (χ4n) is 1.23. The van der Waals surface area contributed by atoms with Crippen molar-refractivity contribution in [1.82, 2.24) is 19.5 Å². The van der Waals surface area contributed by atoms with Gasteiger partial charge in [-0.25, -0.2) is 19.7 Å². The smallest absolute Gasteiger partial charge is 0.359 e. The molecule has 0 amide bonds. The number of methoxy groups -OCH3 is 1. The van der Waals surface area contributed by atoms with Gasteiger partial charge in [0, 0.05) is 0 Å². The third-order valence-corrected chi connectivity index (χ3v) is 1.93. The van der Waals surface area contributed by atoms with Gasteiger partial charge in [-0.15, -0.1) is 0 Å². The summed E-state index contributed by atoms with van der Waals surface area (Å²) in [5, 5.41) is 8.96. The minimum absolute atomic E-state index is 0.0923. The number of nitrogens with zero attached hydrogens (tertiary/aromatic N) is 4. The van der Waals surface area contributed by atoms with Crippen molar-refractivity contribution < 1.29 is 14.6 Å². The van der Waals surface area contributed by atoms with E-state index in [9.17, 15) is 4.79 Å². The SMILES string of the molecule is COC(=O)c1ncnc2c1ncn2CO. The van der Waals surface area contributed by atoms with Crippen LogP contribution in [0.15, 0.2) is 12.7 Å². The van der Waals surface area contributed by atoms with Gasteiger partial charge in [0.15, 0.2) is 11.3 Å². The standard InChI is InChI=1S/C8H8N4O3/c1-15-8(14)6-5-7(10-2-9-6)12(4-13)3-11-5/h2-3,13H,4H2,1H3. The van der Waals surface area contributed by atoms with Gasteiger partial charge in [-0.2, -0.15) is 0 Å². The molecule has 0 radical (unpaired) electrons. The van der Waals surface area contributed by atoms with E-state index in [1.807, 2.05) is 0 Å². The van der Waals surface area contributed by atoms with Crippen LogP contribution in [0.25, 0.3) is 11.2 Å². The van der Waals surface area contributed by atoms with Crippen molar-refractivity contribution in [3.63, 3.8) is 0 Å². The van der Waals surface area contributed by atoms with E-state index in [4.69, 9.17) is 5.11 Å². The number of hydrogen-bond acceptors (Lipinski definition) is 6. The van der Waals surface area contributed by atoms with Gasteiger partial charge in [0.1, 0.15) is 18.6 Å². The molecule has 2 aromatic heterocycles. The van der Waals surface area contributed by atoms with E-state index in [-0.39, 0.29) is 12.4 Å². The topological polar surface area (TPSA) is 90.1 Å². The molecule has 0 spiro atoms. The number of carbonyl (C=O) groups is 1. The van der Waals surface area contributed by atoms with Crippen molar-refractivity contribution in [3.8, 4) is 0 Å². The lowest BCUT2D eigenvalue weighted by Crippen LogP contribution is -2.06. The highest BCUT2D eigenvalue weighted by Gasteiger charge is 2.16. The van der Waals surface area contributed by atoms with E-state index in [0.29, 0.717) is 11.2 Å². The van der Waals surface area contributed by atoms with Crippen molar-refractivity contribution in [1.29, 1.82) is 0 Å². The molecule has 0 aliphatic rings. The lowest BCUT2D eigenvalue weighted by molar-refractivity contribution is 0.0596. The van der Waals surface area contributed by atoms with Crippen LogP contribution in [-0.2, 0) is 11.5 Å². The maximum Gasteiger partial charge on any atom is 0.359 e. The van der Waals surface area contributed by atoms with Crippen LogP contribution in [0.4, 0.5) is 0 Å². The Morgan fingerprint density at radius 1 is 1.53 bits per heavy atom. The molecule has 0 unspecified atom stereocenters. The number of fused-ring (bicyclic) bond motifs is 1. The van der Waals surface area contributed by atoms with Crippen LogP contribution in [0.5, 0.6) is 0 Å². The fourth-order valence-corrected chi connectivity index (χ4v) is 1.23. The second kappa shape index (κ2) is 3.62. The van der Waals surface area contributed by atoms with Crippen LogP contribution in [0.2, 0.25) is 0 Å². The quantitative estimate of drug-likeness (QED) is 0.673. The van der Waals surface area contributed by atoms with Gasteiger partial charge in [0.05, 0.1) is 13.4 Å². The number of esters is 1. The Morgan fingerprint density at radius 2 is 2.33 bits per heavy atom. The molecule has 0 atom stereocenters. The zero-order chi connectivity index (χ0) is 10.8. The fraction of sp³-hybridized carbons (Fsp3) is 0.250. The number of carbonyl (C=O) groups excluding carboxylic acids is 1. The molecule has 7 heteroatoms. The molecule has 0 aliphatic heterocycles. The number of ether oxygens (including phenoxy) is 1. The van der Waals surface area contributed by atoms with Crippen molar-refractivity contribution in [2.45, 2.75) is 6.73 Å².